The summed E-state index contributed by atoms with van der Waals surface area (Å²) < 4.78 is 2.00. The standard InChI is InChI=1S/C5H7NO2.C5H7N/c1-6-4(7)2-3-5(6)8;1-6-4-2-3-5-6/h2-3H2,1H3;2-5H,1H3. The van der Waals surface area contributed by atoms with Gasteiger partial charge in [-0.25, -0.2) is 0 Å². The summed E-state index contributed by atoms with van der Waals surface area (Å²) in [5, 5.41) is 0. The molecule has 0 saturated carbocycles. The van der Waals surface area contributed by atoms with Crippen molar-refractivity contribution >= 4 is 11.8 Å². The van der Waals surface area contributed by atoms with E-state index >= 15 is 0 Å². The van der Waals surface area contributed by atoms with Crippen molar-refractivity contribution in [1.29, 1.82) is 0 Å². The van der Waals surface area contributed by atoms with Gasteiger partial charge in [-0.3, -0.25) is 14.5 Å². The molecule has 1 aliphatic heterocycles. The Labute approximate surface area is 83.1 Å². The Morgan fingerprint density at radius 3 is 1.57 bits per heavy atom. The molecule has 14 heavy (non-hydrogen) atoms. The molecule has 0 aliphatic carbocycles. The molecule has 2 amide bonds. The van der Waals surface area contributed by atoms with E-state index in [1.807, 2.05) is 36.1 Å². The quantitative estimate of drug-likeness (QED) is 0.573. The minimum atomic E-state index is -0.0602. The maximum atomic E-state index is 10.5. The first kappa shape index (κ1) is 10.5. The second-order valence-electron chi connectivity index (χ2n) is 3.20. The minimum absolute atomic E-state index is 0.0602. The number of amides is 2. The first-order valence-corrected chi connectivity index (χ1v) is 4.47. The Hall–Kier alpha value is -1.58. The number of likely N-dealkylation sites (tertiary alicyclic amines) is 1. The predicted molar refractivity (Wildman–Crippen MR) is 52.4 cm³/mol. The second kappa shape index (κ2) is 4.60. The summed E-state index contributed by atoms with van der Waals surface area (Å²) in [5.41, 5.74) is 0. The van der Waals surface area contributed by atoms with Crippen molar-refractivity contribution in [2.24, 2.45) is 7.05 Å². The molecule has 0 bridgehead atoms. The van der Waals surface area contributed by atoms with Crippen LogP contribution in [0.15, 0.2) is 24.5 Å². The summed E-state index contributed by atoms with van der Waals surface area (Å²) in [6.45, 7) is 0. The highest BCUT2D eigenvalue weighted by molar-refractivity contribution is 6.01. The van der Waals surface area contributed by atoms with Gasteiger partial charge in [-0.15, -0.1) is 0 Å². The van der Waals surface area contributed by atoms with Gasteiger partial charge in [-0.1, -0.05) is 0 Å². The Morgan fingerprint density at radius 2 is 1.43 bits per heavy atom. The smallest absolute Gasteiger partial charge is 0.229 e. The van der Waals surface area contributed by atoms with Gasteiger partial charge in [-0.2, -0.15) is 0 Å². The largest absolute Gasteiger partial charge is 0.357 e. The van der Waals surface area contributed by atoms with Crippen molar-refractivity contribution < 1.29 is 9.59 Å². The van der Waals surface area contributed by atoms with Crippen molar-refractivity contribution in [3.63, 3.8) is 0 Å². The Kier molecular flexibility index (Phi) is 3.45. The van der Waals surface area contributed by atoms with Crippen LogP contribution in [0.1, 0.15) is 12.8 Å². The molecule has 1 aliphatic rings. The van der Waals surface area contributed by atoms with Gasteiger partial charge in [-0.05, 0) is 12.1 Å². The van der Waals surface area contributed by atoms with Crippen molar-refractivity contribution in [3.05, 3.63) is 24.5 Å². The topological polar surface area (TPSA) is 42.3 Å². The molecule has 0 radical (unpaired) electrons. The van der Waals surface area contributed by atoms with Crippen LogP contribution in [-0.2, 0) is 16.6 Å². The van der Waals surface area contributed by atoms with Crippen LogP contribution in [0.2, 0.25) is 0 Å². The van der Waals surface area contributed by atoms with E-state index in [9.17, 15) is 9.59 Å². The van der Waals surface area contributed by atoms with E-state index < -0.39 is 0 Å². The maximum Gasteiger partial charge on any atom is 0.229 e. The number of nitrogens with zero attached hydrogens (tertiary/aromatic N) is 2. The average Bonchev–Trinajstić information content (AvgIpc) is 2.73. The molecule has 4 nitrogen and oxygen atoms in total. The van der Waals surface area contributed by atoms with Crippen LogP contribution in [0.5, 0.6) is 0 Å². The van der Waals surface area contributed by atoms with E-state index in [-0.39, 0.29) is 11.8 Å². The van der Waals surface area contributed by atoms with Gasteiger partial charge < -0.3 is 4.57 Å². The number of imide groups is 1. The van der Waals surface area contributed by atoms with E-state index in [4.69, 9.17) is 0 Å². The monoisotopic (exact) mass is 194 g/mol. The lowest BCUT2D eigenvalue weighted by molar-refractivity contribution is -0.136. The third kappa shape index (κ3) is 2.73. The summed E-state index contributed by atoms with van der Waals surface area (Å²) in [6, 6.07) is 4.00. The fraction of sp³-hybridized carbons (Fsp3) is 0.400. The van der Waals surface area contributed by atoms with Crippen LogP contribution < -0.4 is 0 Å². The number of carbonyl (C=O) groups is 2. The first-order valence-electron chi connectivity index (χ1n) is 4.47. The second-order valence-corrected chi connectivity index (χ2v) is 3.20. The molecule has 2 rings (SSSR count). The molecule has 1 saturated heterocycles. The third-order valence-corrected chi connectivity index (χ3v) is 2.05. The Morgan fingerprint density at radius 1 is 1.00 bits per heavy atom. The fourth-order valence-corrected chi connectivity index (χ4v) is 1.11. The zero-order valence-corrected chi connectivity index (χ0v) is 8.43. The van der Waals surface area contributed by atoms with Gasteiger partial charge in [0, 0.05) is 39.3 Å². The van der Waals surface area contributed by atoms with E-state index in [1.54, 1.807) is 0 Å². The lowest BCUT2D eigenvalue weighted by Gasteiger charge is -2.01. The number of carbonyl (C=O) groups excluding carboxylic acids is 2. The zero-order chi connectivity index (χ0) is 10.6. The van der Waals surface area contributed by atoms with Gasteiger partial charge in [0.1, 0.15) is 0 Å². The molecule has 0 unspecified atom stereocenters. The van der Waals surface area contributed by atoms with Crippen LogP contribution >= 0.6 is 0 Å². The summed E-state index contributed by atoms with van der Waals surface area (Å²) in [6.07, 6.45) is 4.80. The van der Waals surface area contributed by atoms with Gasteiger partial charge in [0.05, 0.1) is 0 Å². The predicted octanol–water partition coefficient (Wildman–Crippen LogP) is 0.790. The lowest BCUT2D eigenvalue weighted by atomic mass is 10.4. The molecular weight excluding hydrogens is 180 g/mol. The number of aryl methyl sites for hydroxylation is 1. The SMILES string of the molecule is CN1C(=O)CCC1=O.Cn1cccc1. The molecular formula is C10H14N2O2. The molecule has 1 aromatic heterocycles. The fourth-order valence-electron chi connectivity index (χ4n) is 1.11. The Bertz CT molecular complexity index is 301. The number of hydrogen-bond donors (Lipinski definition) is 0. The van der Waals surface area contributed by atoms with Crippen molar-refractivity contribution in [3.8, 4) is 0 Å². The van der Waals surface area contributed by atoms with Crippen molar-refractivity contribution in [1.82, 2.24) is 9.47 Å². The van der Waals surface area contributed by atoms with E-state index in [0.717, 1.165) is 0 Å². The van der Waals surface area contributed by atoms with E-state index in [2.05, 4.69) is 0 Å². The van der Waals surface area contributed by atoms with Crippen LogP contribution in [0.25, 0.3) is 0 Å². The minimum Gasteiger partial charge on any atom is -0.357 e. The van der Waals surface area contributed by atoms with Crippen LogP contribution in [0.4, 0.5) is 0 Å². The average molecular weight is 194 g/mol. The Balaban J connectivity index is 0.000000146. The molecule has 2 heterocycles. The van der Waals surface area contributed by atoms with Gasteiger partial charge in [0.25, 0.3) is 0 Å². The number of aromatic nitrogens is 1. The summed E-state index contributed by atoms with van der Waals surface area (Å²) in [5.74, 6) is -0.120. The highest BCUT2D eigenvalue weighted by atomic mass is 16.2. The molecule has 0 atom stereocenters. The summed E-state index contributed by atoms with van der Waals surface area (Å²) >= 11 is 0. The molecule has 0 N–H and O–H groups in total. The normalized spacial score (nSPS) is 15.4. The zero-order valence-electron chi connectivity index (χ0n) is 8.43. The molecule has 4 heteroatoms. The molecule has 1 fully saturated rings. The van der Waals surface area contributed by atoms with Crippen molar-refractivity contribution in [2.45, 2.75) is 12.8 Å². The third-order valence-electron chi connectivity index (χ3n) is 2.05. The molecule has 1 aromatic rings. The molecule has 0 spiro atoms. The maximum absolute atomic E-state index is 10.5. The van der Waals surface area contributed by atoms with E-state index in [1.165, 1.54) is 11.9 Å². The highest BCUT2D eigenvalue weighted by Crippen LogP contribution is 2.07. The molecule has 0 aromatic carbocycles. The van der Waals surface area contributed by atoms with Gasteiger partial charge in [0.15, 0.2) is 0 Å². The lowest BCUT2D eigenvalue weighted by Crippen LogP contribution is -2.23. The first-order chi connectivity index (χ1) is 6.61. The van der Waals surface area contributed by atoms with Gasteiger partial charge >= 0.3 is 0 Å². The van der Waals surface area contributed by atoms with E-state index in [0.29, 0.717) is 12.8 Å². The van der Waals surface area contributed by atoms with Crippen LogP contribution in [0, 0.1) is 0 Å². The number of rotatable bonds is 0. The summed E-state index contributed by atoms with van der Waals surface area (Å²) in [4.78, 5) is 22.1. The van der Waals surface area contributed by atoms with Crippen LogP contribution in [-0.4, -0.2) is 28.3 Å². The van der Waals surface area contributed by atoms with Crippen LogP contribution in [0.3, 0.4) is 0 Å². The van der Waals surface area contributed by atoms with Gasteiger partial charge in [0.2, 0.25) is 11.8 Å². The number of hydrogen-bond acceptors (Lipinski definition) is 2. The molecule has 76 valence electrons. The highest BCUT2D eigenvalue weighted by Gasteiger charge is 2.24. The van der Waals surface area contributed by atoms with Crippen molar-refractivity contribution in [2.75, 3.05) is 7.05 Å². The summed E-state index contributed by atoms with van der Waals surface area (Å²) in [7, 11) is 3.51.